The molecule has 0 bridgehead atoms. The monoisotopic (exact) mass is 338 g/mol. The van der Waals surface area contributed by atoms with Crippen molar-refractivity contribution in [3.63, 3.8) is 0 Å². The zero-order valence-corrected chi connectivity index (χ0v) is 18.0. The minimum atomic E-state index is 0.750. The molecule has 1 heterocycles. The third-order valence-corrected chi connectivity index (χ3v) is 3.31. The molecule has 24 heavy (non-hydrogen) atoms. The van der Waals surface area contributed by atoms with Gasteiger partial charge in [-0.15, -0.1) is 0 Å². The van der Waals surface area contributed by atoms with Crippen LogP contribution in [0.3, 0.4) is 0 Å². The van der Waals surface area contributed by atoms with Gasteiger partial charge in [-0.1, -0.05) is 79.5 Å². The predicted molar refractivity (Wildman–Crippen MR) is 115 cm³/mol. The molecule has 2 heteroatoms. The molecule has 0 saturated carbocycles. The molecule has 0 spiro atoms. The second-order valence-corrected chi connectivity index (χ2v) is 5.24. The van der Waals surface area contributed by atoms with Gasteiger partial charge in [-0.2, -0.15) is 0 Å². The van der Waals surface area contributed by atoms with Gasteiger partial charge in [0.25, 0.3) is 0 Å². The van der Waals surface area contributed by atoms with E-state index < -0.39 is 0 Å². The quantitative estimate of drug-likeness (QED) is 0.641. The number of piperidine rings is 1. The lowest BCUT2D eigenvalue weighted by atomic mass is 10.1. The highest BCUT2D eigenvalue weighted by Gasteiger charge is 2.11. The molecule has 2 rings (SSSR count). The van der Waals surface area contributed by atoms with Crippen LogP contribution in [0.4, 0.5) is 5.69 Å². The van der Waals surface area contributed by atoms with Crippen LogP contribution < -0.4 is 10.6 Å². The Morgan fingerprint density at radius 2 is 1.25 bits per heavy atom. The molecule has 0 atom stereocenters. The van der Waals surface area contributed by atoms with E-state index >= 15 is 0 Å². The number of hydrogen-bond acceptors (Lipinski definition) is 2. The third-order valence-electron chi connectivity index (χ3n) is 3.31. The Hall–Kier alpha value is -1.02. The fraction of sp³-hybridized carbons (Fsp3) is 0.727. The summed E-state index contributed by atoms with van der Waals surface area (Å²) < 4.78 is 0. The fourth-order valence-electron chi connectivity index (χ4n) is 2.05. The van der Waals surface area contributed by atoms with E-state index in [1.165, 1.54) is 56.4 Å². The Morgan fingerprint density at radius 1 is 0.833 bits per heavy atom. The van der Waals surface area contributed by atoms with Gasteiger partial charge in [-0.3, -0.25) is 0 Å². The van der Waals surface area contributed by atoms with Gasteiger partial charge in [0.05, 0.1) is 0 Å². The van der Waals surface area contributed by atoms with Crippen molar-refractivity contribution in [3.8, 4) is 0 Å². The second-order valence-electron chi connectivity index (χ2n) is 5.24. The van der Waals surface area contributed by atoms with Crippen molar-refractivity contribution < 1.29 is 0 Å². The first-order chi connectivity index (χ1) is 11.7. The molecule has 2 N–H and O–H groups in total. The van der Waals surface area contributed by atoms with Crippen LogP contribution >= 0.6 is 0 Å². The van der Waals surface area contributed by atoms with E-state index in [9.17, 15) is 0 Å². The molecule has 0 amide bonds. The van der Waals surface area contributed by atoms with Gasteiger partial charge in [0.1, 0.15) is 0 Å². The molecule has 0 unspecified atom stereocenters. The smallest absolute Gasteiger partial charge is 0.0395 e. The van der Waals surface area contributed by atoms with Gasteiger partial charge in [0.2, 0.25) is 0 Å². The molecule has 1 saturated heterocycles. The summed E-state index contributed by atoms with van der Waals surface area (Å²) in [5.74, 6) is 0. The van der Waals surface area contributed by atoms with E-state index in [1.54, 1.807) is 0 Å². The summed E-state index contributed by atoms with van der Waals surface area (Å²) in [7, 11) is 0. The zero-order chi connectivity index (χ0) is 19.2. The second kappa shape index (κ2) is 24.2. The Labute approximate surface area is 153 Å². The highest BCUT2D eigenvalue weighted by molar-refractivity contribution is 5.53. The zero-order valence-electron chi connectivity index (χ0n) is 18.0. The number of aryl methyl sites for hydroxylation is 1. The Balaban J connectivity index is -0.000000338. The van der Waals surface area contributed by atoms with Crippen LogP contribution in [0, 0.1) is 6.92 Å². The van der Waals surface area contributed by atoms with E-state index in [1.807, 2.05) is 34.6 Å². The van der Waals surface area contributed by atoms with Crippen molar-refractivity contribution in [2.24, 2.45) is 5.73 Å². The first-order valence-corrected chi connectivity index (χ1v) is 10.2. The van der Waals surface area contributed by atoms with Crippen molar-refractivity contribution in [1.82, 2.24) is 0 Å². The van der Waals surface area contributed by atoms with Crippen LogP contribution in [0.15, 0.2) is 24.3 Å². The van der Waals surface area contributed by atoms with Crippen LogP contribution in [0.1, 0.15) is 86.1 Å². The van der Waals surface area contributed by atoms with Crippen molar-refractivity contribution in [3.05, 3.63) is 29.8 Å². The first-order valence-electron chi connectivity index (χ1n) is 10.2. The van der Waals surface area contributed by atoms with Crippen molar-refractivity contribution in [1.29, 1.82) is 0 Å². The predicted octanol–water partition coefficient (Wildman–Crippen LogP) is 6.81. The third kappa shape index (κ3) is 15.9. The largest absolute Gasteiger partial charge is 0.371 e. The van der Waals surface area contributed by atoms with E-state index in [0.29, 0.717) is 0 Å². The van der Waals surface area contributed by atoms with Crippen LogP contribution in [-0.4, -0.2) is 19.6 Å². The number of nitrogens with two attached hydrogens (primary N) is 1. The number of hydrogen-bond donors (Lipinski definition) is 1. The van der Waals surface area contributed by atoms with Gasteiger partial charge in [0, 0.05) is 18.8 Å². The van der Waals surface area contributed by atoms with Crippen LogP contribution in [0.2, 0.25) is 0 Å². The molecule has 0 aromatic heterocycles. The Morgan fingerprint density at radius 3 is 1.62 bits per heavy atom. The molecular weight excluding hydrogens is 292 g/mol. The molecule has 144 valence electrons. The van der Waals surface area contributed by atoms with Crippen LogP contribution in [0.25, 0.3) is 0 Å². The molecule has 2 nitrogen and oxygen atoms in total. The van der Waals surface area contributed by atoms with E-state index in [2.05, 4.69) is 49.9 Å². The fourth-order valence-corrected chi connectivity index (χ4v) is 2.05. The molecule has 1 aliphatic rings. The topological polar surface area (TPSA) is 29.3 Å². The lowest BCUT2D eigenvalue weighted by Crippen LogP contribution is -2.29. The van der Waals surface area contributed by atoms with Gasteiger partial charge < -0.3 is 10.6 Å². The number of unbranched alkanes of at least 4 members (excludes halogenated alkanes) is 1. The molecule has 1 aromatic carbocycles. The van der Waals surface area contributed by atoms with Gasteiger partial charge in [-0.05, 0) is 44.4 Å². The lowest BCUT2D eigenvalue weighted by molar-refractivity contribution is 0.577. The summed E-state index contributed by atoms with van der Waals surface area (Å²) in [6, 6.07) is 8.68. The normalized spacial score (nSPS) is 12.0. The van der Waals surface area contributed by atoms with E-state index in [4.69, 9.17) is 5.73 Å². The molecular formula is C22H46N2. The number of nitrogens with zero attached hydrogens (tertiary/aromatic N) is 1. The average Bonchev–Trinajstić information content (AvgIpc) is 2.67. The molecule has 1 aliphatic heterocycles. The number of benzene rings is 1. The molecule has 1 aromatic rings. The Kier molecular flexibility index (Phi) is 28.1. The summed E-state index contributed by atoms with van der Waals surface area (Å²) in [5, 5.41) is 0. The maximum absolute atomic E-state index is 4.85. The summed E-state index contributed by atoms with van der Waals surface area (Å²) in [4.78, 5) is 2.51. The number of anilines is 1. The summed E-state index contributed by atoms with van der Waals surface area (Å²) >= 11 is 0. The molecule has 1 fully saturated rings. The highest BCUT2D eigenvalue weighted by atomic mass is 15.1. The van der Waals surface area contributed by atoms with E-state index in [-0.39, 0.29) is 0 Å². The maximum atomic E-state index is 4.85. The standard InChI is InChI=1S/C12H17N.C4H10.C2H7N.2C2H6/c1-11-7-3-4-8-12(11)13-9-5-2-6-10-13;1-3-4-2;1-2-3;2*1-2/h3-4,7-8H,2,5-6,9-10H2,1H3;3-4H2,1-2H3;2-3H2,1H3;2*1-2H3. The van der Waals surface area contributed by atoms with Crippen molar-refractivity contribution >= 4 is 5.69 Å². The summed E-state index contributed by atoms with van der Waals surface area (Å²) in [5.41, 5.74) is 7.69. The van der Waals surface area contributed by atoms with Crippen LogP contribution in [-0.2, 0) is 0 Å². The lowest BCUT2D eigenvalue weighted by Gasteiger charge is -2.30. The van der Waals surface area contributed by atoms with E-state index in [0.717, 1.165) is 6.54 Å². The highest BCUT2D eigenvalue weighted by Crippen LogP contribution is 2.22. The van der Waals surface area contributed by atoms with Gasteiger partial charge in [0.15, 0.2) is 0 Å². The van der Waals surface area contributed by atoms with Gasteiger partial charge in [-0.25, -0.2) is 0 Å². The number of rotatable bonds is 2. The van der Waals surface area contributed by atoms with Gasteiger partial charge >= 0.3 is 0 Å². The summed E-state index contributed by atoms with van der Waals surface area (Å²) in [6.45, 7) is 19.7. The number of para-hydroxylation sites is 1. The molecule has 0 radical (unpaired) electrons. The Bertz CT molecular complexity index is 316. The first kappa shape index (κ1) is 27.8. The SMILES string of the molecule is CC.CC.CCCC.CCN.Cc1ccccc1N1CCCCC1. The minimum Gasteiger partial charge on any atom is -0.371 e. The van der Waals surface area contributed by atoms with Crippen molar-refractivity contribution in [2.45, 2.75) is 87.5 Å². The van der Waals surface area contributed by atoms with Crippen molar-refractivity contribution in [2.75, 3.05) is 24.5 Å². The molecule has 0 aliphatic carbocycles. The maximum Gasteiger partial charge on any atom is 0.0395 e. The average molecular weight is 339 g/mol. The summed E-state index contributed by atoms with van der Waals surface area (Å²) in [6.07, 6.45) is 6.76. The minimum absolute atomic E-state index is 0.750. The van der Waals surface area contributed by atoms with Crippen LogP contribution in [0.5, 0.6) is 0 Å².